The molecule has 4 rings (SSSR count). The van der Waals surface area contributed by atoms with Crippen LogP contribution in [0.4, 0.5) is 0 Å². The molecule has 7 nitrogen and oxygen atoms in total. The second-order valence-corrected chi connectivity index (χ2v) is 6.85. The number of rotatable bonds is 4. The van der Waals surface area contributed by atoms with Crippen LogP contribution in [-0.4, -0.2) is 43.8 Å². The molecule has 1 aromatic carbocycles. The summed E-state index contributed by atoms with van der Waals surface area (Å²) in [5.74, 6) is 1.17. The van der Waals surface area contributed by atoms with Crippen LogP contribution in [0, 0.1) is 6.92 Å². The molecule has 1 fully saturated rings. The first-order valence-electron chi connectivity index (χ1n) is 9.31. The molecule has 0 bridgehead atoms. The zero-order valence-electron chi connectivity index (χ0n) is 15.7. The van der Waals surface area contributed by atoms with Crippen LogP contribution >= 0.6 is 0 Å². The average molecular weight is 375 g/mol. The van der Waals surface area contributed by atoms with Crippen LogP contribution in [0.2, 0.25) is 0 Å². The number of carbonyl (C=O) groups is 1. The second-order valence-electron chi connectivity index (χ2n) is 6.85. The van der Waals surface area contributed by atoms with Crippen molar-refractivity contribution in [3.8, 4) is 11.6 Å². The van der Waals surface area contributed by atoms with E-state index in [9.17, 15) is 4.79 Å². The van der Waals surface area contributed by atoms with Gasteiger partial charge in [0.05, 0.1) is 6.20 Å². The summed E-state index contributed by atoms with van der Waals surface area (Å²) in [6, 6.07) is 7.82. The van der Waals surface area contributed by atoms with Crippen LogP contribution in [0.3, 0.4) is 0 Å². The fourth-order valence-corrected chi connectivity index (χ4v) is 3.44. The number of carbonyl (C=O) groups excluding carboxylic acids is 1. The number of ether oxygens (including phenoxy) is 1. The van der Waals surface area contributed by atoms with Crippen LogP contribution in [0.15, 0.2) is 55.2 Å². The van der Waals surface area contributed by atoms with Gasteiger partial charge in [0.15, 0.2) is 0 Å². The normalized spacial score (nSPS) is 16.6. The van der Waals surface area contributed by atoms with Crippen molar-refractivity contribution in [1.82, 2.24) is 24.8 Å². The van der Waals surface area contributed by atoms with Crippen LogP contribution in [0.1, 0.15) is 40.5 Å². The Labute approximate surface area is 163 Å². The maximum absolute atomic E-state index is 12.7. The molecule has 1 aliphatic rings. The summed E-state index contributed by atoms with van der Waals surface area (Å²) in [5, 5.41) is 0. The van der Waals surface area contributed by atoms with E-state index in [-0.39, 0.29) is 11.8 Å². The highest BCUT2D eigenvalue weighted by atomic mass is 16.5. The van der Waals surface area contributed by atoms with Gasteiger partial charge in [-0.25, -0.2) is 9.97 Å². The number of aromatic nitrogens is 4. The Morgan fingerprint density at radius 1 is 1.14 bits per heavy atom. The zero-order valence-corrected chi connectivity index (χ0v) is 15.7. The summed E-state index contributed by atoms with van der Waals surface area (Å²) < 4.78 is 6.02. The third-order valence-electron chi connectivity index (χ3n) is 4.77. The van der Waals surface area contributed by atoms with Gasteiger partial charge in [-0.3, -0.25) is 14.8 Å². The molecule has 1 amide bonds. The molecule has 0 saturated carbocycles. The number of likely N-dealkylation sites (tertiary alicyclic amines) is 1. The Morgan fingerprint density at radius 2 is 2.00 bits per heavy atom. The van der Waals surface area contributed by atoms with Gasteiger partial charge in [-0.15, -0.1) is 0 Å². The molecule has 0 radical (unpaired) electrons. The molecule has 1 aliphatic heterocycles. The molecule has 7 heteroatoms. The Bertz CT molecular complexity index is 964. The van der Waals surface area contributed by atoms with E-state index in [2.05, 4.69) is 19.9 Å². The smallest absolute Gasteiger partial charge is 0.274 e. The van der Waals surface area contributed by atoms with Crippen molar-refractivity contribution in [2.75, 3.05) is 13.1 Å². The summed E-state index contributed by atoms with van der Waals surface area (Å²) in [7, 11) is 0. The van der Waals surface area contributed by atoms with Crippen molar-refractivity contribution < 1.29 is 9.53 Å². The lowest BCUT2D eigenvalue weighted by molar-refractivity contribution is 0.0698. The first-order valence-corrected chi connectivity index (χ1v) is 9.31. The predicted octanol–water partition coefficient (Wildman–Crippen LogP) is 3.39. The highest BCUT2D eigenvalue weighted by Crippen LogP contribution is 2.33. The highest BCUT2D eigenvalue weighted by molar-refractivity contribution is 5.92. The number of amides is 1. The lowest BCUT2D eigenvalue weighted by atomic mass is 9.94. The SMILES string of the molecule is Cc1cccc(Oc2nccnc2[C@@H]2CCCN(C(=O)c3cnccn3)C2)c1. The maximum Gasteiger partial charge on any atom is 0.274 e. The quantitative estimate of drug-likeness (QED) is 0.695. The molecular formula is C21H21N5O2. The fourth-order valence-electron chi connectivity index (χ4n) is 3.44. The highest BCUT2D eigenvalue weighted by Gasteiger charge is 2.29. The van der Waals surface area contributed by atoms with Gasteiger partial charge in [-0.05, 0) is 37.5 Å². The van der Waals surface area contributed by atoms with Gasteiger partial charge in [-0.2, -0.15) is 0 Å². The van der Waals surface area contributed by atoms with E-state index in [0.29, 0.717) is 24.7 Å². The third kappa shape index (κ3) is 3.98. The molecule has 1 saturated heterocycles. The lowest BCUT2D eigenvalue weighted by Gasteiger charge is -2.32. The minimum atomic E-state index is -0.108. The largest absolute Gasteiger partial charge is 0.437 e. The number of piperidine rings is 1. The number of benzene rings is 1. The van der Waals surface area contributed by atoms with Gasteiger partial charge in [0, 0.05) is 43.8 Å². The van der Waals surface area contributed by atoms with E-state index in [4.69, 9.17) is 4.74 Å². The van der Waals surface area contributed by atoms with Crippen molar-refractivity contribution in [2.45, 2.75) is 25.7 Å². The molecule has 3 heterocycles. The minimum absolute atomic E-state index is 0.0582. The zero-order chi connectivity index (χ0) is 19.3. The molecule has 142 valence electrons. The molecule has 0 unspecified atom stereocenters. The van der Waals surface area contributed by atoms with E-state index < -0.39 is 0 Å². The van der Waals surface area contributed by atoms with Crippen molar-refractivity contribution in [2.24, 2.45) is 0 Å². The van der Waals surface area contributed by atoms with Gasteiger partial charge in [0.25, 0.3) is 5.91 Å². The molecule has 3 aromatic rings. The summed E-state index contributed by atoms with van der Waals surface area (Å²) in [4.78, 5) is 31.6. The fraction of sp³-hybridized carbons (Fsp3) is 0.286. The van der Waals surface area contributed by atoms with E-state index in [0.717, 1.165) is 29.8 Å². The number of hydrogen-bond acceptors (Lipinski definition) is 6. The Hall–Kier alpha value is -3.35. The molecule has 2 aromatic heterocycles. The van der Waals surface area contributed by atoms with Crippen molar-refractivity contribution in [1.29, 1.82) is 0 Å². The standard InChI is InChI=1S/C21H21N5O2/c1-15-4-2-6-17(12-15)28-20-19(24-9-10-25-20)16-5-3-11-26(14-16)21(27)18-13-22-7-8-23-18/h2,4,6-10,12-13,16H,3,5,11,14H2,1H3/t16-/m1/s1. The van der Waals surface area contributed by atoms with Crippen LogP contribution in [0.25, 0.3) is 0 Å². The summed E-state index contributed by atoms with van der Waals surface area (Å²) in [6.45, 7) is 3.26. The van der Waals surface area contributed by atoms with E-state index in [1.165, 1.54) is 12.4 Å². The van der Waals surface area contributed by atoms with Gasteiger partial charge in [0.2, 0.25) is 5.88 Å². The van der Waals surface area contributed by atoms with Gasteiger partial charge in [-0.1, -0.05) is 12.1 Å². The molecule has 1 atom stereocenters. The van der Waals surface area contributed by atoms with Gasteiger partial charge >= 0.3 is 0 Å². The lowest BCUT2D eigenvalue weighted by Crippen LogP contribution is -2.39. The summed E-state index contributed by atoms with van der Waals surface area (Å²) >= 11 is 0. The van der Waals surface area contributed by atoms with E-state index in [1.54, 1.807) is 18.6 Å². The van der Waals surface area contributed by atoms with Crippen LogP contribution in [-0.2, 0) is 0 Å². The van der Waals surface area contributed by atoms with Crippen LogP contribution < -0.4 is 4.74 Å². The molecular weight excluding hydrogens is 354 g/mol. The monoisotopic (exact) mass is 375 g/mol. The van der Waals surface area contributed by atoms with Crippen LogP contribution in [0.5, 0.6) is 11.6 Å². The Kier molecular flexibility index (Phi) is 5.23. The maximum atomic E-state index is 12.7. The first kappa shape index (κ1) is 18.0. The van der Waals surface area contributed by atoms with Crippen molar-refractivity contribution in [3.05, 3.63) is 72.2 Å². The van der Waals surface area contributed by atoms with E-state index >= 15 is 0 Å². The number of hydrogen-bond donors (Lipinski definition) is 0. The predicted molar refractivity (Wildman–Crippen MR) is 103 cm³/mol. The third-order valence-corrected chi connectivity index (χ3v) is 4.77. The molecule has 0 aliphatic carbocycles. The topological polar surface area (TPSA) is 81.1 Å². The Balaban J connectivity index is 1.55. The molecule has 0 N–H and O–H groups in total. The summed E-state index contributed by atoms with van der Waals surface area (Å²) in [5.41, 5.74) is 2.25. The Morgan fingerprint density at radius 3 is 2.82 bits per heavy atom. The van der Waals surface area contributed by atoms with Gasteiger partial charge < -0.3 is 9.64 Å². The molecule has 0 spiro atoms. The van der Waals surface area contributed by atoms with Crippen molar-refractivity contribution >= 4 is 5.91 Å². The van der Waals surface area contributed by atoms with E-state index in [1.807, 2.05) is 36.1 Å². The number of aryl methyl sites for hydroxylation is 1. The average Bonchev–Trinajstić information content (AvgIpc) is 2.74. The van der Waals surface area contributed by atoms with Crippen molar-refractivity contribution in [3.63, 3.8) is 0 Å². The first-order chi connectivity index (χ1) is 13.7. The summed E-state index contributed by atoms with van der Waals surface area (Å²) in [6.07, 6.45) is 9.70. The number of nitrogens with zero attached hydrogens (tertiary/aromatic N) is 5. The molecule has 28 heavy (non-hydrogen) atoms. The van der Waals surface area contributed by atoms with Gasteiger partial charge in [0.1, 0.15) is 17.1 Å². The minimum Gasteiger partial charge on any atom is -0.437 e. The second kappa shape index (κ2) is 8.12.